The van der Waals surface area contributed by atoms with Crippen LogP contribution >= 0.6 is 0 Å². The molecule has 1 fully saturated rings. The highest BCUT2D eigenvalue weighted by Crippen LogP contribution is 2.36. The molecule has 7 nitrogen and oxygen atoms in total. The van der Waals surface area contributed by atoms with Crippen LogP contribution in [0.25, 0.3) is 0 Å². The third-order valence-electron chi connectivity index (χ3n) is 3.74. The number of carbonyl (C=O) groups is 1. The number of carbonyl (C=O) groups excluding carboxylic acids is 1. The van der Waals surface area contributed by atoms with Crippen molar-refractivity contribution in [3.8, 4) is 0 Å². The van der Waals surface area contributed by atoms with Gasteiger partial charge in [-0.15, -0.1) is 0 Å². The van der Waals surface area contributed by atoms with Gasteiger partial charge in [-0.25, -0.2) is 0 Å². The minimum atomic E-state index is -0.772. The van der Waals surface area contributed by atoms with Gasteiger partial charge in [-0.1, -0.05) is 6.92 Å². The van der Waals surface area contributed by atoms with Crippen LogP contribution in [0.2, 0.25) is 0 Å². The van der Waals surface area contributed by atoms with Gasteiger partial charge in [-0.05, 0) is 25.5 Å². The molecule has 0 spiro atoms. The van der Waals surface area contributed by atoms with Gasteiger partial charge in [0.15, 0.2) is 0 Å². The Morgan fingerprint density at radius 2 is 2.14 bits per heavy atom. The van der Waals surface area contributed by atoms with E-state index in [0.717, 1.165) is 0 Å². The van der Waals surface area contributed by atoms with Crippen LogP contribution in [0.1, 0.15) is 30.6 Å². The van der Waals surface area contributed by atoms with E-state index in [-0.39, 0.29) is 17.2 Å². The smallest absolute Gasteiger partial charge is 0.293 e. The van der Waals surface area contributed by atoms with Crippen molar-refractivity contribution in [2.24, 2.45) is 0 Å². The summed E-state index contributed by atoms with van der Waals surface area (Å²) in [5, 5.41) is 23.8. The molecule has 1 aromatic carbocycles. The molecule has 2 N–H and O–H groups in total. The number of nitro benzene ring substituents is 1. The molecular weight excluding hydrogens is 274 g/mol. The lowest BCUT2D eigenvalue weighted by molar-refractivity contribution is -0.384. The van der Waals surface area contributed by atoms with Crippen LogP contribution in [0, 0.1) is 10.1 Å². The molecule has 7 heteroatoms. The Labute approximate surface area is 122 Å². The Balaban J connectivity index is 2.27. The summed E-state index contributed by atoms with van der Waals surface area (Å²) in [6.07, 6.45) is 0.605. The zero-order valence-corrected chi connectivity index (χ0v) is 12.1. The maximum atomic E-state index is 11.7. The molecule has 2 rings (SSSR count). The minimum Gasteiger partial charge on any atom is -0.386 e. The Hall–Kier alpha value is -2.15. The van der Waals surface area contributed by atoms with Crippen molar-refractivity contribution >= 4 is 17.3 Å². The molecule has 0 atom stereocenters. The van der Waals surface area contributed by atoms with E-state index in [4.69, 9.17) is 0 Å². The number of nitrogens with zero attached hydrogens (tertiary/aromatic N) is 2. The number of hydrogen-bond donors (Lipinski definition) is 2. The summed E-state index contributed by atoms with van der Waals surface area (Å²) in [5.74, 6) is -0.333. The third kappa shape index (κ3) is 2.97. The standard InChI is InChI=1S/C14H19N3O4/c1-3-14(19)8-16(9-14)11-6-5-10(13(18)15-4-2)7-12(11)17(20)21/h5-7,19H,3-4,8-9H2,1-2H3,(H,15,18). The first-order chi connectivity index (χ1) is 9.90. The number of anilines is 1. The van der Waals surface area contributed by atoms with Gasteiger partial charge >= 0.3 is 0 Å². The zero-order chi connectivity index (χ0) is 15.6. The highest BCUT2D eigenvalue weighted by atomic mass is 16.6. The monoisotopic (exact) mass is 293 g/mol. The molecule has 114 valence electrons. The Morgan fingerprint density at radius 3 is 2.67 bits per heavy atom. The molecule has 0 bridgehead atoms. The van der Waals surface area contributed by atoms with E-state index in [1.165, 1.54) is 6.07 Å². The number of hydrogen-bond acceptors (Lipinski definition) is 5. The van der Waals surface area contributed by atoms with Crippen LogP contribution in [0.4, 0.5) is 11.4 Å². The number of rotatable bonds is 5. The Kier molecular flexibility index (Phi) is 4.13. The van der Waals surface area contributed by atoms with Crippen molar-refractivity contribution in [3.05, 3.63) is 33.9 Å². The van der Waals surface area contributed by atoms with Gasteiger partial charge in [0.05, 0.1) is 10.5 Å². The minimum absolute atomic E-state index is 0.114. The maximum absolute atomic E-state index is 11.7. The van der Waals surface area contributed by atoms with Crippen molar-refractivity contribution in [2.75, 3.05) is 24.5 Å². The van der Waals surface area contributed by atoms with Crippen LogP contribution in [-0.2, 0) is 0 Å². The first-order valence-electron chi connectivity index (χ1n) is 6.94. The Morgan fingerprint density at radius 1 is 1.48 bits per heavy atom. The molecule has 0 unspecified atom stereocenters. The lowest BCUT2D eigenvalue weighted by Gasteiger charge is -2.47. The van der Waals surface area contributed by atoms with Crippen molar-refractivity contribution in [1.82, 2.24) is 5.32 Å². The number of amides is 1. The van der Waals surface area contributed by atoms with Crippen LogP contribution in [0.3, 0.4) is 0 Å². The summed E-state index contributed by atoms with van der Waals surface area (Å²) in [6, 6.07) is 4.41. The molecule has 1 aliphatic heterocycles. The average Bonchev–Trinajstić information content (AvgIpc) is 2.43. The normalized spacial score (nSPS) is 16.2. The summed E-state index contributed by atoms with van der Waals surface area (Å²) in [7, 11) is 0. The SMILES string of the molecule is CCNC(=O)c1ccc(N2CC(O)(CC)C2)c([N+](=O)[O-])c1. The fraction of sp³-hybridized carbons (Fsp3) is 0.500. The lowest BCUT2D eigenvalue weighted by atomic mass is 9.90. The molecule has 1 heterocycles. The van der Waals surface area contributed by atoms with E-state index in [0.29, 0.717) is 31.7 Å². The lowest BCUT2D eigenvalue weighted by Crippen LogP contribution is -2.61. The first-order valence-corrected chi connectivity index (χ1v) is 6.94. The average molecular weight is 293 g/mol. The molecule has 1 amide bonds. The summed E-state index contributed by atoms with van der Waals surface area (Å²) in [5.41, 5.74) is -0.187. The van der Waals surface area contributed by atoms with Crippen LogP contribution in [0.15, 0.2) is 18.2 Å². The molecule has 1 saturated heterocycles. The van der Waals surface area contributed by atoms with Crippen molar-refractivity contribution in [3.63, 3.8) is 0 Å². The third-order valence-corrected chi connectivity index (χ3v) is 3.74. The summed E-state index contributed by atoms with van der Waals surface area (Å²) < 4.78 is 0. The van der Waals surface area contributed by atoms with Gasteiger partial charge < -0.3 is 15.3 Å². The molecule has 21 heavy (non-hydrogen) atoms. The number of nitro groups is 1. The van der Waals surface area contributed by atoms with Crippen LogP contribution in [-0.4, -0.2) is 41.2 Å². The second-order valence-electron chi connectivity index (χ2n) is 5.25. The van der Waals surface area contributed by atoms with Gasteiger partial charge in [0, 0.05) is 31.3 Å². The number of benzene rings is 1. The van der Waals surface area contributed by atoms with E-state index < -0.39 is 10.5 Å². The van der Waals surface area contributed by atoms with Gasteiger partial charge in [0.1, 0.15) is 5.69 Å². The number of β-amino-alcohol motifs (C(OH)–C–C–N with tert-alkyl or cyclic N) is 1. The second kappa shape index (κ2) is 5.69. The van der Waals surface area contributed by atoms with Gasteiger partial charge in [0.2, 0.25) is 0 Å². The van der Waals surface area contributed by atoms with E-state index in [2.05, 4.69) is 5.32 Å². The highest BCUT2D eigenvalue weighted by Gasteiger charge is 2.41. The molecular formula is C14H19N3O4. The Bertz CT molecular complexity index is 567. The molecule has 0 saturated carbocycles. The number of aliphatic hydroxyl groups is 1. The van der Waals surface area contributed by atoms with Crippen LogP contribution < -0.4 is 10.2 Å². The fourth-order valence-electron chi connectivity index (χ4n) is 2.40. The largest absolute Gasteiger partial charge is 0.386 e. The van der Waals surface area contributed by atoms with Gasteiger partial charge in [-0.3, -0.25) is 14.9 Å². The highest BCUT2D eigenvalue weighted by molar-refractivity contribution is 5.95. The van der Waals surface area contributed by atoms with Gasteiger partial charge in [-0.2, -0.15) is 0 Å². The van der Waals surface area contributed by atoms with Crippen molar-refractivity contribution in [2.45, 2.75) is 25.9 Å². The number of nitrogens with one attached hydrogen (secondary N) is 1. The van der Waals surface area contributed by atoms with Crippen LogP contribution in [0.5, 0.6) is 0 Å². The first kappa shape index (κ1) is 15.2. The summed E-state index contributed by atoms with van der Waals surface area (Å²) in [6.45, 7) is 4.86. The summed E-state index contributed by atoms with van der Waals surface area (Å²) >= 11 is 0. The van der Waals surface area contributed by atoms with E-state index in [1.54, 1.807) is 24.0 Å². The van der Waals surface area contributed by atoms with Gasteiger partial charge in [0.25, 0.3) is 11.6 Å². The molecule has 0 aliphatic carbocycles. The maximum Gasteiger partial charge on any atom is 0.293 e. The fourth-order valence-corrected chi connectivity index (χ4v) is 2.40. The summed E-state index contributed by atoms with van der Waals surface area (Å²) in [4.78, 5) is 24.2. The van der Waals surface area contributed by atoms with Crippen molar-refractivity contribution < 1.29 is 14.8 Å². The molecule has 1 aliphatic rings. The zero-order valence-electron chi connectivity index (χ0n) is 12.1. The second-order valence-corrected chi connectivity index (χ2v) is 5.25. The predicted octanol–water partition coefficient (Wildman–Crippen LogP) is 1.31. The van der Waals surface area contributed by atoms with E-state index >= 15 is 0 Å². The molecule has 0 radical (unpaired) electrons. The van der Waals surface area contributed by atoms with E-state index in [1.807, 2.05) is 6.92 Å². The molecule has 0 aromatic heterocycles. The topological polar surface area (TPSA) is 95.7 Å². The molecule has 1 aromatic rings. The van der Waals surface area contributed by atoms with E-state index in [9.17, 15) is 20.0 Å². The van der Waals surface area contributed by atoms with Crippen molar-refractivity contribution in [1.29, 1.82) is 0 Å². The predicted molar refractivity (Wildman–Crippen MR) is 78.6 cm³/mol. The quantitative estimate of drug-likeness (QED) is 0.630.